The van der Waals surface area contributed by atoms with Gasteiger partial charge in [-0.1, -0.05) is 23.8 Å². The summed E-state index contributed by atoms with van der Waals surface area (Å²) in [5.41, 5.74) is 3.51. The Bertz CT molecular complexity index is 388. The van der Waals surface area contributed by atoms with Crippen molar-refractivity contribution in [1.82, 2.24) is 5.32 Å². The first-order valence-electron chi connectivity index (χ1n) is 6.54. The van der Waals surface area contributed by atoms with Gasteiger partial charge in [0.2, 0.25) is 5.91 Å². The summed E-state index contributed by atoms with van der Waals surface area (Å²) < 4.78 is 5.21. The molecule has 0 aliphatic carbocycles. The van der Waals surface area contributed by atoms with Gasteiger partial charge in [-0.15, -0.1) is 0 Å². The number of rotatable bonds is 7. The monoisotopic (exact) mass is 249 g/mol. The molecule has 3 nitrogen and oxygen atoms in total. The molecule has 0 radical (unpaired) electrons. The number of aryl methyl sites for hydroxylation is 2. The molecule has 0 heterocycles. The fourth-order valence-corrected chi connectivity index (χ4v) is 1.83. The average molecular weight is 249 g/mol. The van der Waals surface area contributed by atoms with Crippen LogP contribution in [0.3, 0.4) is 0 Å². The van der Waals surface area contributed by atoms with E-state index in [-0.39, 0.29) is 5.91 Å². The predicted molar refractivity (Wildman–Crippen MR) is 73.7 cm³/mol. The Kier molecular flexibility index (Phi) is 6.44. The first kappa shape index (κ1) is 14.7. The molecule has 100 valence electrons. The van der Waals surface area contributed by atoms with Crippen molar-refractivity contribution in [3.05, 3.63) is 34.9 Å². The van der Waals surface area contributed by atoms with E-state index >= 15 is 0 Å². The summed E-state index contributed by atoms with van der Waals surface area (Å²) in [5, 5.41) is 2.91. The van der Waals surface area contributed by atoms with Gasteiger partial charge in [0, 0.05) is 19.8 Å². The second kappa shape index (κ2) is 7.88. The zero-order valence-electron chi connectivity index (χ0n) is 11.6. The van der Waals surface area contributed by atoms with E-state index in [0.29, 0.717) is 19.6 Å². The van der Waals surface area contributed by atoms with E-state index in [1.54, 1.807) is 0 Å². The van der Waals surface area contributed by atoms with Gasteiger partial charge >= 0.3 is 0 Å². The Balaban J connectivity index is 2.31. The van der Waals surface area contributed by atoms with Crippen molar-refractivity contribution in [3.8, 4) is 0 Å². The molecular formula is C15H23NO2. The lowest BCUT2D eigenvalue weighted by Gasteiger charge is -2.08. The third kappa shape index (κ3) is 5.32. The van der Waals surface area contributed by atoms with E-state index in [0.717, 1.165) is 18.6 Å². The molecule has 1 aromatic rings. The number of benzene rings is 1. The number of carbonyl (C=O) groups excluding carboxylic acids is 1. The van der Waals surface area contributed by atoms with Gasteiger partial charge in [-0.3, -0.25) is 4.79 Å². The minimum absolute atomic E-state index is 0.0819. The Labute approximate surface area is 110 Å². The standard InChI is InChI=1S/C15H23NO2/c1-4-18-9-5-8-16-15(17)11-14-7-6-12(2)10-13(14)3/h6-7,10H,4-5,8-9,11H2,1-3H3,(H,16,17). The molecular weight excluding hydrogens is 226 g/mol. The van der Waals surface area contributed by atoms with Crippen molar-refractivity contribution in [3.63, 3.8) is 0 Å². The fraction of sp³-hybridized carbons (Fsp3) is 0.533. The molecule has 0 atom stereocenters. The highest BCUT2D eigenvalue weighted by Crippen LogP contribution is 2.10. The SMILES string of the molecule is CCOCCCNC(=O)Cc1ccc(C)cc1C. The maximum Gasteiger partial charge on any atom is 0.224 e. The van der Waals surface area contributed by atoms with Gasteiger partial charge in [0.15, 0.2) is 0 Å². The first-order valence-corrected chi connectivity index (χ1v) is 6.54. The minimum Gasteiger partial charge on any atom is -0.382 e. The molecule has 0 aliphatic heterocycles. The number of amides is 1. The largest absolute Gasteiger partial charge is 0.382 e. The summed E-state index contributed by atoms with van der Waals surface area (Å²) in [6.45, 7) is 8.20. The maximum absolute atomic E-state index is 11.7. The number of hydrogen-bond acceptors (Lipinski definition) is 2. The second-order valence-electron chi connectivity index (χ2n) is 4.51. The van der Waals surface area contributed by atoms with E-state index in [2.05, 4.69) is 18.3 Å². The second-order valence-corrected chi connectivity index (χ2v) is 4.51. The van der Waals surface area contributed by atoms with Gasteiger partial charge in [-0.2, -0.15) is 0 Å². The number of carbonyl (C=O) groups is 1. The molecule has 18 heavy (non-hydrogen) atoms. The molecule has 1 N–H and O–H groups in total. The van der Waals surface area contributed by atoms with E-state index in [9.17, 15) is 4.79 Å². The Morgan fingerprint density at radius 2 is 2.11 bits per heavy atom. The zero-order valence-corrected chi connectivity index (χ0v) is 11.6. The summed E-state index contributed by atoms with van der Waals surface area (Å²) in [4.78, 5) is 11.7. The topological polar surface area (TPSA) is 38.3 Å². The molecule has 1 rings (SSSR count). The van der Waals surface area contributed by atoms with Crippen LogP contribution in [0.2, 0.25) is 0 Å². The van der Waals surface area contributed by atoms with E-state index in [1.807, 2.05) is 26.0 Å². The van der Waals surface area contributed by atoms with E-state index in [4.69, 9.17) is 4.74 Å². The lowest BCUT2D eigenvalue weighted by atomic mass is 10.0. The molecule has 0 aliphatic rings. The fourth-order valence-electron chi connectivity index (χ4n) is 1.83. The molecule has 1 amide bonds. The van der Waals surface area contributed by atoms with Crippen LogP contribution < -0.4 is 5.32 Å². The van der Waals surface area contributed by atoms with Crippen molar-refractivity contribution in [2.24, 2.45) is 0 Å². The zero-order chi connectivity index (χ0) is 13.4. The summed E-state index contributed by atoms with van der Waals surface area (Å²) in [6.07, 6.45) is 1.33. The number of hydrogen-bond donors (Lipinski definition) is 1. The van der Waals surface area contributed by atoms with E-state index < -0.39 is 0 Å². The molecule has 0 aromatic heterocycles. The van der Waals surface area contributed by atoms with Crippen LogP contribution in [-0.4, -0.2) is 25.7 Å². The Morgan fingerprint density at radius 1 is 1.33 bits per heavy atom. The van der Waals surface area contributed by atoms with Crippen molar-refractivity contribution in [2.45, 2.75) is 33.6 Å². The van der Waals surface area contributed by atoms with Crippen LogP contribution in [0.4, 0.5) is 0 Å². The Morgan fingerprint density at radius 3 is 2.78 bits per heavy atom. The minimum atomic E-state index is 0.0819. The summed E-state index contributed by atoms with van der Waals surface area (Å²) >= 11 is 0. The highest BCUT2D eigenvalue weighted by atomic mass is 16.5. The van der Waals surface area contributed by atoms with Crippen molar-refractivity contribution >= 4 is 5.91 Å². The van der Waals surface area contributed by atoms with Gasteiger partial charge in [-0.25, -0.2) is 0 Å². The van der Waals surface area contributed by atoms with Gasteiger partial charge in [-0.05, 0) is 38.3 Å². The van der Waals surface area contributed by atoms with Gasteiger partial charge < -0.3 is 10.1 Å². The van der Waals surface area contributed by atoms with Crippen LogP contribution in [0.15, 0.2) is 18.2 Å². The van der Waals surface area contributed by atoms with Crippen LogP contribution in [0.1, 0.15) is 30.0 Å². The maximum atomic E-state index is 11.7. The summed E-state index contributed by atoms with van der Waals surface area (Å²) in [6, 6.07) is 6.19. The normalized spacial score (nSPS) is 10.4. The van der Waals surface area contributed by atoms with Crippen LogP contribution in [0, 0.1) is 13.8 Å². The predicted octanol–water partition coefficient (Wildman–Crippen LogP) is 2.39. The highest BCUT2D eigenvalue weighted by molar-refractivity contribution is 5.78. The van der Waals surface area contributed by atoms with Crippen molar-refractivity contribution < 1.29 is 9.53 Å². The molecule has 3 heteroatoms. The lowest BCUT2D eigenvalue weighted by Crippen LogP contribution is -2.27. The van der Waals surface area contributed by atoms with Crippen molar-refractivity contribution in [1.29, 1.82) is 0 Å². The lowest BCUT2D eigenvalue weighted by molar-refractivity contribution is -0.120. The Hall–Kier alpha value is -1.35. The summed E-state index contributed by atoms with van der Waals surface area (Å²) in [5.74, 6) is 0.0819. The van der Waals surface area contributed by atoms with Crippen LogP contribution in [-0.2, 0) is 16.0 Å². The highest BCUT2D eigenvalue weighted by Gasteiger charge is 2.05. The molecule has 0 spiro atoms. The number of nitrogens with one attached hydrogen (secondary N) is 1. The molecule has 0 bridgehead atoms. The summed E-state index contributed by atoms with van der Waals surface area (Å²) in [7, 11) is 0. The quantitative estimate of drug-likeness (QED) is 0.754. The first-order chi connectivity index (χ1) is 8.63. The molecule has 0 saturated heterocycles. The number of ether oxygens (including phenoxy) is 1. The van der Waals surface area contributed by atoms with Gasteiger partial charge in [0.1, 0.15) is 0 Å². The van der Waals surface area contributed by atoms with Crippen LogP contribution in [0.25, 0.3) is 0 Å². The smallest absolute Gasteiger partial charge is 0.224 e. The molecule has 0 unspecified atom stereocenters. The third-order valence-electron chi connectivity index (χ3n) is 2.84. The molecule has 1 aromatic carbocycles. The van der Waals surface area contributed by atoms with Crippen LogP contribution >= 0.6 is 0 Å². The van der Waals surface area contributed by atoms with Crippen molar-refractivity contribution in [2.75, 3.05) is 19.8 Å². The third-order valence-corrected chi connectivity index (χ3v) is 2.84. The average Bonchev–Trinajstić information content (AvgIpc) is 2.32. The van der Waals surface area contributed by atoms with Crippen LogP contribution in [0.5, 0.6) is 0 Å². The van der Waals surface area contributed by atoms with E-state index in [1.165, 1.54) is 11.1 Å². The van der Waals surface area contributed by atoms with Gasteiger partial charge in [0.05, 0.1) is 6.42 Å². The molecule has 0 saturated carbocycles. The molecule has 0 fully saturated rings. The van der Waals surface area contributed by atoms with Gasteiger partial charge in [0.25, 0.3) is 0 Å².